The molecule has 3 aromatic rings. The minimum atomic E-state index is -0.0368. The van der Waals surface area contributed by atoms with Crippen molar-refractivity contribution in [2.75, 3.05) is 12.0 Å². The van der Waals surface area contributed by atoms with Gasteiger partial charge in [-0.25, -0.2) is 4.68 Å². The summed E-state index contributed by atoms with van der Waals surface area (Å²) in [5, 5.41) is 7.70. The van der Waals surface area contributed by atoms with E-state index in [1.807, 2.05) is 59.3 Å². The minimum absolute atomic E-state index is 0.0368. The summed E-state index contributed by atoms with van der Waals surface area (Å²) < 4.78 is 7.11. The number of aromatic nitrogens is 2. The van der Waals surface area contributed by atoms with E-state index in [0.29, 0.717) is 31.1 Å². The highest BCUT2D eigenvalue weighted by atomic mass is 16.5. The summed E-state index contributed by atoms with van der Waals surface area (Å²) in [5.74, 6) is 1.62. The fraction of sp³-hybridized carbons (Fsp3) is 0.292. The quantitative estimate of drug-likeness (QED) is 0.668. The van der Waals surface area contributed by atoms with Crippen molar-refractivity contribution in [1.29, 1.82) is 0 Å². The summed E-state index contributed by atoms with van der Waals surface area (Å²) in [6.45, 7) is 1.01. The molecule has 0 atom stereocenters. The fourth-order valence-corrected chi connectivity index (χ4v) is 3.77. The van der Waals surface area contributed by atoms with Gasteiger partial charge in [-0.3, -0.25) is 14.5 Å². The molecule has 7 heteroatoms. The molecule has 0 radical (unpaired) electrons. The van der Waals surface area contributed by atoms with Crippen molar-refractivity contribution >= 4 is 17.6 Å². The van der Waals surface area contributed by atoms with E-state index in [0.717, 1.165) is 41.2 Å². The number of anilines is 1. The highest BCUT2D eigenvalue weighted by Crippen LogP contribution is 2.30. The van der Waals surface area contributed by atoms with Crippen LogP contribution in [0.4, 0.5) is 5.82 Å². The van der Waals surface area contributed by atoms with Crippen molar-refractivity contribution in [2.24, 2.45) is 0 Å². The monoisotopic (exact) mass is 416 g/mol. The van der Waals surface area contributed by atoms with E-state index in [1.165, 1.54) is 0 Å². The number of benzene rings is 2. The van der Waals surface area contributed by atoms with Gasteiger partial charge in [0.1, 0.15) is 11.6 Å². The maximum Gasteiger partial charge on any atom is 0.251 e. The average molecular weight is 416 g/mol. The summed E-state index contributed by atoms with van der Waals surface area (Å²) in [6.07, 6.45) is 2.54. The molecule has 31 heavy (non-hydrogen) atoms. The molecule has 2 aromatic carbocycles. The molecular weight excluding hydrogens is 392 g/mol. The van der Waals surface area contributed by atoms with Gasteiger partial charge in [0.25, 0.3) is 5.91 Å². The van der Waals surface area contributed by atoms with Crippen LogP contribution in [0.3, 0.4) is 0 Å². The molecule has 0 saturated heterocycles. The molecule has 1 aromatic heterocycles. The van der Waals surface area contributed by atoms with E-state index in [1.54, 1.807) is 12.0 Å². The number of aryl methyl sites for hydroxylation is 1. The maximum atomic E-state index is 12.7. The summed E-state index contributed by atoms with van der Waals surface area (Å²) in [5.41, 5.74) is 3.41. The summed E-state index contributed by atoms with van der Waals surface area (Å²) in [4.78, 5) is 26.7. The molecule has 0 bridgehead atoms. The van der Waals surface area contributed by atoms with E-state index in [2.05, 4.69) is 5.32 Å². The van der Waals surface area contributed by atoms with Gasteiger partial charge < -0.3 is 10.1 Å². The van der Waals surface area contributed by atoms with Crippen LogP contribution in [0.2, 0.25) is 0 Å². The average Bonchev–Trinajstić information content (AvgIpc) is 3.51. The van der Waals surface area contributed by atoms with E-state index in [9.17, 15) is 9.59 Å². The number of nitrogens with zero attached hydrogens (tertiary/aromatic N) is 3. The van der Waals surface area contributed by atoms with Crippen LogP contribution in [0.15, 0.2) is 54.6 Å². The van der Waals surface area contributed by atoms with Gasteiger partial charge in [0.15, 0.2) is 0 Å². The third-order valence-corrected chi connectivity index (χ3v) is 5.73. The van der Waals surface area contributed by atoms with Gasteiger partial charge in [0, 0.05) is 29.7 Å². The van der Waals surface area contributed by atoms with Crippen LogP contribution in [0.1, 0.15) is 35.2 Å². The third kappa shape index (κ3) is 4.03. The first-order chi connectivity index (χ1) is 15.1. The first-order valence-corrected chi connectivity index (χ1v) is 10.5. The van der Waals surface area contributed by atoms with Gasteiger partial charge in [0.2, 0.25) is 5.91 Å². The number of ether oxygens (including phenoxy) is 1. The molecule has 7 nitrogen and oxygen atoms in total. The number of carbonyl (C=O) groups excluding carboxylic acids is 2. The van der Waals surface area contributed by atoms with Gasteiger partial charge >= 0.3 is 0 Å². The van der Waals surface area contributed by atoms with Crippen LogP contribution in [0, 0.1) is 0 Å². The lowest BCUT2D eigenvalue weighted by molar-refractivity contribution is -0.119. The van der Waals surface area contributed by atoms with Gasteiger partial charge in [-0.15, -0.1) is 0 Å². The number of carbonyl (C=O) groups is 2. The molecule has 5 rings (SSSR count). The maximum absolute atomic E-state index is 12.7. The van der Waals surface area contributed by atoms with Crippen LogP contribution >= 0.6 is 0 Å². The number of hydrogen-bond donors (Lipinski definition) is 1. The zero-order valence-corrected chi connectivity index (χ0v) is 17.4. The Kier molecular flexibility index (Phi) is 4.94. The predicted octanol–water partition coefficient (Wildman–Crippen LogP) is 3.39. The Balaban J connectivity index is 1.35. The Bertz CT molecular complexity index is 1110. The zero-order valence-electron chi connectivity index (χ0n) is 17.4. The summed E-state index contributed by atoms with van der Waals surface area (Å²) >= 11 is 0. The highest BCUT2D eigenvalue weighted by Gasteiger charge is 2.27. The topological polar surface area (TPSA) is 76.5 Å². The van der Waals surface area contributed by atoms with Crippen LogP contribution in [-0.2, 0) is 17.9 Å². The highest BCUT2D eigenvalue weighted by molar-refractivity contribution is 5.95. The van der Waals surface area contributed by atoms with Crippen molar-refractivity contribution in [3.63, 3.8) is 0 Å². The second-order valence-corrected chi connectivity index (χ2v) is 8.01. The molecule has 0 spiro atoms. The molecule has 1 aliphatic heterocycles. The number of hydrogen-bond acceptors (Lipinski definition) is 4. The summed E-state index contributed by atoms with van der Waals surface area (Å²) in [6, 6.07) is 17.5. The normalized spacial score (nSPS) is 15.5. The van der Waals surface area contributed by atoms with Crippen molar-refractivity contribution < 1.29 is 14.3 Å². The molecule has 2 heterocycles. The smallest absolute Gasteiger partial charge is 0.251 e. The van der Waals surface area contributed by atoms with Gasteiger partial charge in [-0.2, -0.15) is 5.10 Å². The molecular formula is C24H24N4O3. The van der Waals surface area contributed by atoms with Gasteiger partial charge in [-0.05, 0) is 54.8 Å². The molecule has 1 fully saturated rings. The second-order valence-electron chi connectivity index (χ2n) is 8.01. The van der Waals surface area contributed by atoms with Crippen LogP contribution in [0.25, 0.3) is 11.3 Å². The first-order valence-electron chi connectivity index (χ1n) is 10.5. The Labute approximate surface area is 180 Å². The van der Waals surface area contributed by atoms with Crippen LogP contribution in [-0.4, -0.2) is 34.7 Å². The van der Waals surface area contributed by atoms with Gasteiger partial charge in [-0.1, -0.05) is 12.1 Å². The van der Waals surface area contributed by atoms with E-state index in [-0.39, 0.29) is 11.8 Å². The van der Waals surface area contributed by atoms with Crippen molar-refractivity contribution in [2.45, 2.75) is 38.4 Å². The van der Waals surface area contributed by atoms with Gasteiger partial charge in [0.05, 0.1) is 25.9 Å². The first kappa shape index (κ1) is 19.4. The number of nitrogens with one attached hydrogen (secondary N) is 1. The van der Waals surface area contributed by atoms with E-state index in [4.69, 9.17) is 9.84 Å². The van der Waals surface area contributed by atoms with Crippen molar-refractivity contribution in [1.82, 2.24) is 15.1 Å². The number of methoxy groups -OCH3 is 1. The molecule has 1 saturated carbocycles. The Morgan fingerprint density at radius 2 is 1.87 bits per heavy atom. The molecule has 2 amide bonds. The Morgan fingerprint density at radius 3 is 2.55 bits per heavy atom. The Hall–Kier alpha value is -3.61. The van der Waals surface area contributed by atoms with Crippen molar-refractivity contribution in [3.8, 4) is 17.0 Å². The lowest BCUT2D eigenvalue weighted by atomic mass is 10.1. The van der Waals surface area contributed by atoms with Crippen molar-refractivity contribution in [3.05, 3.63) is 65.7 Å². The SMILES string of the molecule is COc1ccc(-c2cc3n(n2)CCC(=O)N3Cc2ccc(C(=O)NC3CC3)cc2)cc1. The zero-order chi connectivity index (χ0) is 21.4. The largest absolute Gasteiger partial charge is 0.497 e. The third-order valence-electron chi connectivity index (χ3n) is 5.73. The van der Waals surface area contributed by atoms with Crippen LogP contribution in [0.5, 0.6) is 5.75 Å². The lowest BCUT2D eigenvalue weighted by Crippen LogP contribution is -2.36. The molecule has 158 valence electrons. The number of rotatable bonds is 6. The fourth-order valence-electron chi connectivity index (χ4n) is 3.77. The summed E-state index contributed by atoms with van der Waals surface area (Å²) in [7, 11) is 1.64. The Morgan fingerprint density at radius 1 is 1.13 bits per heavy atom. The predicted molar refractivity (Wildman–Crippen MR) is 117 cm³/mol. The number of amides is 2. The lowest BCUT2D eigenvalue weighted by Gasteiger charge is -2.27. The number of fused-ring (bicyclic) bond motifs is 1. The molecule has 2 aliphatic rings. The second kappa shape index (κ2) is 7.91. The van der Waals surface area contributed by atoms with E-state index < -0.39 is 0 Å². The standard InChI is InChI=1S/C24H24N4O3/c1-31-20-10-6-17(7-11-20)21-14-22-27(23(29)12-13-28(22)26-21)15-16-2-4-18(5-3-16)24(30)25-19-8-9-19/h2-7,10-11,14,19H,8-9,12-13,15H2,1H3,(H,25,30). The molecule has 1 aliphatic carbocycles. The minimum Gasteiger partial charge on any atom is -0.497 e. The van der Waals surface area contributed by atoms with E-state index >= 15 is 0 Å². The molecule has 1 N–H and O–H groups in total. The van der Waals surface area contributed by atoms with Crippen LogP contribution < -0.4 is 15.0 Å². The molecule has 0 unspecified atom stereocenters.